The van der Waals surface area contributed by atoms with Gasteiger partial charge in [0.05, 0.1) is 16.6 Å². The minimum Gasteiger partial charge on any atom is -0.488 e. The molecule has 3 aromatic carbocycles. The van der Waals surface area contributed by atoms with E-state index in [1.165, 1.54) is 18.3 Å². The average Bonchev–Trinajstić information content (AvgIpc) is 3.06. The fourth-order valence-corrected chi connectivity index (χ4v) is 5.52. The van der Waals surface area contributed by atoms with E-state index in [2.05, 4.69) is 15.6 Å². The van der Waals surface area contributed by atoms with Crippen LogP contribution in [0.1, 0.15) is 22.3 Å². The Morgan fingerprint density at radius 3 is 2.72 bits per heavy atom. The van der Waals surface area contributed by atoms with Crippen molar-refractivity contribution in [1.29, 1.82) is 0 Å². The molecule has 4 aromatic rings. The lowest BCUT2D eigenvalue weighted by molar-refractivity contribution is -0.135. The Labute approximate surface area is 269 Å². The van der Waals surface area contributed by atoms with Crippen molar-refractivity contribution in [3.05, 3.63) is 107 Å². The smallest absolute Gasteiger partial charge is 0.260 e. The van der Waals surface area contributed by atoms with E-state index in [1.54, 1.807) is 65.7 Å². The van der Waals surface area contributed by atoms with E-state index in [4.69, 9.17) is 25.8 Å². The number of halogens is 2. The Bertz CT molecular complexity index is 1770. The molecule has 1 saturated heterocycles. The zero-order chi connectivity index (χ0) is 32.0. The van der Waals surface area contributed by atoms with Crippen LogP contribution >= 0.6 is 11.6 Å². The summed E-state index contributed by atoms with van der Waals surface area (Å²) in [5.41, 5.74) is 2.17. The van der Waals surface area contributed by atoms with E-state index in [9.17, 15) is 18.8 Å². The second-order valence-electron chi connectivity index (χ2n) is 10.9. The molecule has 2 N–H and O–H groups in total. The van der Waals surface area contributed by atoms with Crippen LogP contribution in [0.25, 0.3) is 11.1 Å². The number of hydrogen-bond acceptors (Lipinski definition) is 7. The van der Waals surface area contributed by atoms with Crippen LogP contribution in [-0.4, -0.2) is 66.1 Å². The maximum atomic E-state index is 14.7. The number of fused-ring (bicyclic) bond motifs is 8. The van der Waals surface area contributed by atoms with Crippen LogP contribution in [0.5, 0.6) is 17.2 Å². The molecule has 0 unspecified atom stereocenters. The third kappa shape index (κ3) is 7.55. The van der Waals surface area contributed by atoms with Gasteiger partial charge >= 0.3 is 0 Å². The maximum absolute atomic E-state index is 14.7. The molecule has 46 heavy (non-hydrogen) atoms. The Hall–Kier alpha value is -5.16. The predicted octanol–water partition coefficient (Wildman–Crippen LogP) is 4.41. The van der Waals surface area contributed by atoms with Gasteiger partial charge in [-0.2, -0.15) is 0 Å². The SMILES string of the molecule is O=C1COc2cccc(c2)-c2cncc(c2)C(=O)N[C@@H]2CN(C(=O)COc3ccccc3Cl)CC[C@@H]2Oc2cc(F)cc(c2)CN1. The molecule has 236 valence electrons. The quantitative estimate of drug-likeness (QED) is 0.339. The van der Waals surface area contributed by atoms with Gasteiger partial charge in [0.2, 0.25) is 0 Å². The molecule has 10 nitrogen and oxygen atoms in total. The van der Waals surface area contributed by atoms with Crippen molar-refractivity contribution in [1.82, 2.24) is 20.5 Å². The van der Waals surface area contributed by atoms with Gasteiger partial charge in [0.1, 0.15) is 29.2 Å². The number of aromatic nitrogens is 1. The van der Waals surface area contributed by atoms with E-state index >= 15 is 0 Å². The van der Waals surface area contributed by atoms with Gasteiger partial charge in [-0.15, -0.1) is 0 Å². The largest absolute Gasteiger partial charge is 0.488 e. The molecular weight excluding hydrogens is 615 g/mol. The van der Waals surface area contributed by atoms with Gasteiger partial charge in [0, 0.05) is 50.1 Å². The van der Waals surface area contributed by atoms with Gasteiger partial charge in [-0.1, -0.05) is 35.9 Å². The van der Waals surface area contributed by atoms with Crippen LogP contribution < -0.4 is 24.8 Å². The number of carbonyl (C=O) groups excluding carboxylic acids is 3. The van der Waals surface area contributed by atoms with Crippen molar-refractivity contribution in [3.8, 4) is 28.4 Å². The number of nitrogens with zero attached hydrogens (tertiary/aromatic N) is 2. The number of piperidine rings is 1. The van der Waals surface area contributed by atoms with Crippen molar-refractivity contribution < 1.29 is 33.0 Å². The van der Waals surface area contributed by atoms with Crippen molar-refractivity contribution in [3.63, 3.8) is 0 Å². The summed E-state index contributed by atoms with van der Waals surface area (Å²) in [6.07, 6.45) is 2.81. The molecule has 2 atom stereocenters. The first-order valence-electron chi connectivity index (χ1n) is 14.7. The first kappa shape index (κ1) is 30.8. The summed E-state index contributed by atoms with van der Waals surface area (Å²) in [7, 11) is 0. The van der Waals surface area contributed by atoms with Crippen LogP contribution in [0.4, 0.5) is 4.39 Å². The monoisotopic (exact) mass is 644 g/mol. The van der Waals surface area contributed by atoms with E-state index < -0.39 is 23.9 Å². The minimum atomic E-state index is -0.667. The summed E-state index contributed by atoms with van der Waals surface area (Å²) in [5.74, 6) is -0.581. The number of rotatable bonds is 3. The van der Waals surface area contributed by atoms with Gasteiger partial charge in [0.25, 0.3) is 17.7 Å². The topological polar surface area (TPSA) is 119 Å². The van der Waals surface area contributed by atoms with Gasteiger partial charge in [0.15, 0.2) is 13.2 Å². The Morgan fingerprint density at radius 1 is 1.00 bits per heavy atom. The number of hydrogen-bond donors (Lipinski definition) is 2. The number of ether oxygens (including phenoxy) is 3. The van der Waals surface area contributed by atoms with E-state index in [1.807, 2.05) is 6.07 Å². The minimum absolute atomic E-state index is 0.0480. The lowest BCUT2D eigenvalue weighted by Crippen LogP contribution is -2.58. The second-order valence-corrected chi connectivity index (χ2v) is 11.3. The Balaban J connectivity index is 1.28. The normalized spacial score (nSPS) is 18.3. The molecule has 0 saturated carbocycles. The number of nitrogens with one attached hydrogen (secondary N) is 2. The van der Waals surface area contributed by atoms with Crippen LogP contribution in [0.2, 0.25) is 5.02 Å². The number of carbonyl (C=O) groups is 3. The number of benzene rings is 3. The van der Waals surface area contributed by atoms with E-state index in [-0.39, 0.29) is 43.9 Å². The summed E-state index contributed by atoms with van der Waals surface area (Å²) in [5, 5.41) is 6.13. The molecule has 1 fully saturated rings. The van der Waals surface area contributed by atoms with Gasteiger partial charge in [-0.25, -0.2) is 4.39 Å². The number of pyridine rings is 1. The van der Waals surface area contributed by atoms with Gasteiger partial charge in [-0.3, -0.25) is 19.4 Å². The predicted molar refractivity (Wildman–Crippen MR) is 167 cm³/mol. The molecule has 1 aromatic heterocycles. The maximum Gasteiger partial charge on any atom is 0.260 e. The number of para-hydroxylation sites is 1. The van der Waals surface area contributed by atoms with Crippen LogP contribution in [-0.2, 0) is 16.1 Å². The third-order valence-electron chi connectivity index (χ3n) is 7.65. The average molecular weight is 645 g/mol. The summed E-state index contributed by atoms with van der Waals surface area (Å²) in [4.78, 5) is 45.2. The molecule has 0 aliphatic carbocycles. The highest BCUT2D eigenvalue weighted by Crippen LogP contribution is 2.27. The van der Waals surface area contributed by atoms with Gasteiger partial charge in [-0.05, 0) is 53.6 Å². The van der Waals surface area contributed by atoms with Gasteiger partial charge < -0.3 is 29.7 Å². The third-order valence-corrected chi connectivity index (χ3v) is 7.96. The van der Waals surface area contributed by atoms with Crippen LogP contribution in [0.15, 0.2) is 85.2 Å². The molecule has 6 rings (SSSR count). The van der Waals surface area contributed by atoms with Crippen LogP contribution in [0, 0.1) is 5.82 Å². The highest BCUT2D eigenvalue weighted by Gasteiger charge is 2.35. The number of likely N-dealkylation sites (tertiary alicyclic amines) is 1. The van der Waals surface area contributed by atoms with Crippen molar-refractivity contribution >= 4 is 29.3 Å². The molecular formula is C34H30ClFN4O6. The van der Waals surface area contributed by atoms with Crippen molar-refractivity contribution in [2.24, 2.45) is 0 Å². The Kier molecular flexibility index (Phi) is 9.30. The summed E-state index contributed by atoms with van der Waals surface area (Å²) in [6.45, 7) is -0.0134. The molecule has 12 heteroatoms. The summed E-state index contributed by atoms with van der Waals surface area (Å²) < 4.78 is 32.2. The molecule has 6 bridgehead atoms. The van der Waals surface area contributed by atoms with E-state index in [0.717, 1.165) is 5.56 Å². The zero-order valence-electron chi connectivity index (χ0n) is 24.6. The lowest BCUT2D eigenvalue weighted by Gasteiger charge is -2.38. The molecule has 0 spiro atoms. The molecule has 3 amide bonds. The summed E-state index contributed by atoms with van der Waals surface area (Å²) >= 11 is 6.17. The van der Waals surface area contributed by atoms with E-state index in [0.29, 0.717) is 46.2 Å². The first-order valence-corrected chi connectivity index (χ1v) is 15.1. The van der Waals surface area contributed by atoms with Crippen molar-refractivity contribution in [2.45, 2.75) is 25.1 Å². The summed E-state index contributed by atoms with van der Waals surface area (Å²) in [6, 6.07) is 19.1. The standard InChI is InChI=1S/C34H30ClFN4O6/c35-28-6-1-2-7-30(28)45-20-33(42)40-9-8-31-29(18-40)39-34(43)24-12-23(16-37-17-24)22-4-3-5-26(13-22)44-19-32(41)38-15-21-10-25(36)14-27(11-21)46-31/h1-7,10-14,16-17,29,31H,8-9,15,18-20H2,(H,38,41)(H,39,43)/t29-,31+/m1/s1. The molecule has 2 aliphatic rings. The highest BCUT2D eigenvalue weighted by molar-refractivity contribution is 6.32. The fraction of sp³-hybridized carbons (Fsp3) is 0.235. The lowest BCUT2D eigenvalue weighted by atomic mass is 10.0. The number of amides is 3. The fourth-order valence-electron chi connectivity index (χ4n) is 5.33. The zero-order valence-corrected chi connectivity index (χ0v) is 25.3. The molecule has 0 radical (unpaired) electrons. The van der Waals surface area contributed by atoms with Crippen LogP contribution in [0.3, 0.4) is 0 Å². The molecule has 3 heterocycles. The Morgan fingerprint density at radius 2 is 1.85 bits per heavy atom. The molecule has 2 aliphatic heterocycles. The highest BCUT2D eigenvalue weighted by atomic mass is 35.5. The van der Waals surface area contributed by atoms with Crippen molar-refractivity contribution in [2.75, 3.05) is 26.3 Å². The second kappa shape index (κ2) is 13.9. The first-order chi connectivity index (χ1) is 22.3.